The minimum Gasteiger partial charge on any atom is -0.495 e. The summed E-state index contributed by atoms with van der Waals surface area (Å²) >= 11 is 5.92. The van der Waals surface area contributed by atoms with E-state index in [0.29, 0.717) is 0 Å². The highest BCUT2D eigenvalue weighted by Crippen LogP contribution is 2.36. The van der Waals surface area contributed by atoms with E-state index >= 15 is 0 Å². The van der Waals surface area contributed by atoms with Crippen molar-refractivity contribution < 1.29 is 22.3 Å². The van der Waals surface area contributed by atoms with Gasteiger partial charge in [-0.3, -0.25) is 9.10 Å². The number of anilines is 1. The molecule has 0 N–H and O–H groups in total. The van der Waals surface area contributed by atoms with Crippen LogP contribution in [0.3, 0.4) is 0 Å². The van der Waals surface area contributed by atoms with Crippen molar-refractivity contribution in [2.24, 2.45) is 0 Å². The monoisotopic (exact) mass is 369 g/mol. The van der Waals surface area contributed by atoms with Gasteiger partial charge >= 0.3 is 0 Å². The molecule has 0 radical (unpaired) electrons. The van der Waals surface area contributed by atoms with E-state index in [-0.39, 0.29) is 45.7 Å². The van der Waals surface area contributed by atoms with Gasteiger partial charge in [0.15, 0.2) is 5.78 Å². The van der Waals surface area contributed by atoms with Crippen molar-refractivity contribution in [3.05, 3.63) is 52.8 Å². The van der Waals surface area contributed by atoms with Gasteiger partial charge in [0.2, 0.25) is 0 Å². The number of carbonyl (C=O) groups excluding carboxylic acids is 1. The molecule has 0 amide bonds. The van der Waals surface area contributed by atoms with Crippen LogP contribution in [0.5, 0.6) is 5.75 Å². The van der Waals surface area contributed by atoms with Gasteiger partial charge in [-0.05, 0) is 36.4 Å². The van der Waals surface area contributed by atoms with E-state index in [1.54, 1.807) is 0 Å². The van der Waals surface area contributed by atoms with Crippen LogP contribution in [-0.2, 0) is 10.0 Å². The number of Topliss-reactive ketones (excluding diaryl/α,β-unsaturated/α-hetero) is 1. The molecular formula is C16H13ClFNO4S. The summed E-state index contributed by atoms with van der Waals surface area (Å²) in [7, 11) is -2.68. The summed E-state index contributed by atoms with van der Waals surface area (Å²) < 4.78 is 45.7. The van der Waals surface area contributed by atoms with E-state index in [9.17, 15) is 17.6 Å². The molecule has 0 aromatic heterocycles. The zero-order chi connectivity index (χ0) is 17.5. The summed E-state index contributed by atoms with van der Waals surface area (Å²) in [6.45, 7) is -0.0323. The summed E-state index contributed by atoms with van der Waals surface area (Å²) in [6, 6.07) is 7.72. The van der Waals surface area contributed by atoms with Crippen LogP contribution >= 0.6 is 11.6 Å². The number of nitrogens with zero attached hydrogens (tertiary/aromatic N) is 1. The van der Waals surface area contributed by atoms with Crippen molar-refractivity contribution in [3.63, 3.8) is 0 Å². The van der Waals surface area contributed by atoms with E-state index in [1.807, 2.05) is 0 Å². The molecule has 24 heavy (non-hydrogen) atoms. The Hall–Kier alpha value is -2.12. The van der Waals surface area contributed by atoms with E-state index in [1.165, 1.54) is 31.4 Å². The van der Waals surface area contributed by atoms with Crippen LogP contribution in [-0.4, -0.2) is 27.9 Å². The third kappa shape index (κ3) is 2.74. The first-order valence-corrected chi connectivity index (χ1v) is 8.85. The second-order valence-corrected chi connectivity index (χ2v) is 7.47. The van der Waals surface area contributed by atoms with Crippen LogP contribution in [0.15, 0.2) is 41.3 Å². The van der Waals surface area contributed by atoms with E-state index in [4.69, 9.17) is 16.3 Å². The Morgan fingerprint density at radius 3 is 2.67 bits per heavy atom. The average Bonchev–Trinajstić information content (AvgIpc) is 2.55. The quantitative estimate of drug-likeness (QED) is 0.833. The molecule has 126 valence electrons. The van der Waals surface area contributed by atoms with Gasteiger partial charge in [0.25, 0.3) is 10.0 Å². The minimum atomic E-state index is -4.03. The second-order valence-electron chi connectivity index (χ2n) is 5.21. The van der Waals surface area contributed by atoms with Gasteiger partial charge in [-0.15, -0.1) is 0 Å². The third-order valence-corrected chi connectivity index (χ3v) is 5.83. The van der Waals surface area contributed by atoms with Crippen LogP contribution < -0.4 is 9.04 Å². The number of methoxy groups -OCH3 is 1. The van der Waals surface area contributed by atoms with E-state index < -0.39 is 15.8 Å². The lowest BCUT2D eigenvalue weighted by molar-refractivity contribution is 0.0981. The molecule has 0 aliphatic carbocycles. The maximum atomic E-state index is 13.4. The number of hydrogen-bond donors (Lipinski definition) is 0. The molecule has 1 aliphatic rings. The Labute approximate surface area is 143 Å². The number of carbonyl (C=O) groups is 1. The zero-order valence-corrected chi connectivity index (χ0v) is 14.2. The van der Waals surface area contributed by atoms with E-state index in [2.05, 4.69) is 0 Å². The van der Waals surface area contributed by atoms with Gasteiger partial charge < -0.3 is 4.74 Å². The highest BCUT2D eigenvalue weighted by Gasteiger charge is 2.34. The van der Waals surface area contributed by atoms with Gasteiger partial charge in [0.1, 0.15) is 16.5 Å². The van der Waals surface area contributed by atoms with Crippen molar-refractivity contribution in [2.45, 2.75) is 11.3 Å². The molecular weight excluding hydrogens is 357 g/mol. The van der Waals surface area contributed by atoms with Gasteiger partial charge in [-0.25, -0.2) is 12.8 Å². The lowest BCUT2D eigenvalue weighted by atomic mass is 10.0. The van der Waals surface area contributed by atoms with Crippen LogP contribution in [0.2, 0.25) is 5.02 Å². The molecule has 0 atom stereocenters. The molecule has 1 aliphatic heterocycles. The minimum absolute atomic E-state index is 0.0292. The van der Waals surface area contributed by atoms with Crippen LogP contribution in [0.1, 0.15) is 16.8 Å². The SMILES string of the molecule is COc1ccc(Cl)cc1S(=O)(=O)N1CCC(=O)c2cc(F)ccc21. The van der Waals surface area contributed by atoms with Gasteiger partial charge in [-0.2, -0.15) is 0 Å². The fourth-order valence-electron chi connectivity index (χ4n) is 2.63. The smallest absolute Gasteiger partial charge is 0.268 e. The molecule has 8 heteroatoms. The lowest BCUT2D eigenvalue weighted by Crippen LogP contribution is -2.37. The Kier molecular flexibility index (Phi) is 4.23. The average molecular weight is 370 g/mol. The van der Waals surface area contributed by atoms with Crippen molar-refractivity contribution in [1.82, 2.24) is 0 Å². The summed E-state index contributed by atoms with van der Waals surface area (Å²) in [5.74, 6) is -0.754. The van der Waals surface area contributed by atoms with Crippen molar-refractivity contribution >= 4 is 33.1 Å². The number of ketones is 1. The van der Waals surface area contributed by atoms with Crippen LogP contribution in [0, 0.1) is 5.82 Å². The lowest BCUT2D eigenvalue weighted by Gasteiger charge is -2.30. The third-order valence-electron chi connectivity index (χ3n) is 3.76. The van der Waals surface area contributed by atoms with Crippen molar-refractivity contribution in [1.29, 1.82) is 0 Å². The summed E-state index contributed by atoms with van der Waals surface area (Å²) in [5, 5.41) is 0.238. The fourth-order valence-corrected chi connectivity index (χ4v) is 4.53. The number of halogens is 2. The van der Waals surface area contributed by atoms with E-state index in [0.717, 1.165) is 16.4 Å². The number of rotatable bonds is 3. The Morgan fingerprint density at radius 1 is 1.21 bits per heavy atom. The Morgan fingerprint density at radius 2 is 1.96 bits per heavy atom. The predicted molar refractivity (Wildman–Crippen MR) is 87.9 cm³/mol. The van der Waals surface area contributed by atoms with Gasteiger partial charge in [0.05, 0.1) is 12.8 Å². The maximum Gasteiger partial charge on any atom is 0.268 e. The standard InChI is InChI=1S/C16H13ClFNO4S/c1-23-15-5-2-10(17)8-16(15)24(21,22)19-7-6-14(20)12-9-11(18)3-4-13(12)19/h2-5,8-9H,6-7H2,1H3. The topological polar surface area (TPSA) is 63.7 Å². The largest absolute Gasteiger partial charge is 0.495 e. The first-order chi connectivity index (χ1) is 11.3. The number of hydrogen-bond acceptors (Lipinski definition) is 4. The zero-order valence-electron chi connectivity index (χ0n) is 12.6. The van der Waals surface area contributed by atoms with Gasteiger partial charge in [-0.1, -0.05) is 11.6 Å². The highest BCUT2D eigenvalue weighted by molar-refractivity contribution is 7.93. The summed E-state index contributed by atoms with van der Waals surface area (Å²) in [5.41, 5.74) is 0.195. The molecule has 2 aromatic carbocycles. The Bertz CT molecular complexity index is 930. The fraction of sp³-hybridized carbons (Fsp3) is 0.188. The molecule has 0 saturated carbocycles. The molecule has 0 spiro atoms. The maximum absolute atomic E-state index is 13.4. The summed E-state index contributed by atoms with van der Waals surface area (Å²) in [6.07, 6.45) is -0.0292. The summed E-state index contributed by atoms with van der Waals surface area (Å²) in [4.78, 5) is 11.9. The second kappa shape index (κ2) is 6.07. The molecule has 0 fully saturated rings. The number of sulfonamides is 1. The molecule has 2 aromatic rings. The molecule has 0 saturated heterocycles. The van der Waals surface area contributed by atoms with Crippen LogP contribution in [0.4, 0.5) is 10.1 Å². The highest BCUT2D eigenvalue weighted by atomic mass is 35.5. The molecule has 5 nitrogen and oxygen atoms in total. The number of benzene rings is 2. The first kappa shape index (κ1) is 16.7. The molecule has 1 heterocycles. The molecule has 0 unspecified atom stereocenters. The number of fused-ring (bicyclic) bond motifs is 1. The Balaban J connectivity index is 2.18. The normalized spacial score (nSPS) is 14.5. The van der Waals surface area contributed by atoms with Gasteiger partial charge in [0, 0.05) is 23.6 Å². The van der Waals surface area contributed by atoms with Crippen molar-refractivity contribution in [3.8, 4) is 5.75 Å². The molecule has 0 bridgehead atoms. The molecule has 3 rings (SSSR count). The van der Waals surface area contributed by atoms with Crippen molar-refractivity contribution in [2.75, 3.05) is 18.0 Å². The predicted octanol–water partition coefficient (Wildman–Crippen LogP) is 3.27. The number of ether oxygens (including phenoxy) is 1. The van der Waals surface area contributed by atoms with Crippen LogP contribution in [0.25, 0.3) is 0 Å². The first-order valence-electron chi connectivity index (χ1n) is 7.03.